The number of aryl methyl sites for hydroxylation is 3. The zero-order valence-electron chi connectivity index (χ0n) is 15.5. The molecule has 1 aromatic heterocycles. The molecule has 0 fully saturated rings. The molecule has 0 saturated carbocycles. The zero-order chi connectivity index (χ0) is 19.4. The van der Waals surface area contributed by atoms with Gasteiger partial charge >= 0.3 is 0 Å². The number of amides is 1. The van der Waals surface area contributed by atoms with E-state index in [1.165, 1.54) is 0 Å². The van der Waals surface area contributed by atoms with Gasteiger partial charge in [-0.1, -0.05) is 35.9 Å². The number of furan rings is 1. The van der Waals surface area contributed by atoms with Crippen LogP contribution in [0.1, 0.15) is 22.3 Å². The molecule has 3 aromatic rings. The van der Waals surface area contributed by atoms with E-state index in [0.29, 0.717) is 11.5 Å². The maximum Gasteiger partial charge on any atom is 0.264 e. The van der Waals surface area contributed by atoms with Crippen LogP contribution in [0.5, 0.6) is 5.75 Å². The molecular weight excluding hydrogens is 340 g/mol. The fourth-order valence-electron chi connectivity index (χ4n) is 2.75. The van der Waals surface area contributed by atoms with E-state index < -0.39 is 5.91 Å². The van der Waals surface area contributed by atoms with Gasteiger partial charge in [-0.2, -0.15) is 5.26 Å². The molecule has 0 unspecified atom stereocenters. The fraction of sp³-hybridized carbons (Fsp3) is 0.182. The first-order valence-electron chi connectivity index (χ1n) is 8.56. The third-order valence-electron chi connectivity index (χ3n) is 4.01. The number of nitrogens with zero attached hydrogens (tertiary/aromatic N) is 1. The first-order valence-corrected chi connectivity index (χ1v) is 8.56. The summed E-state index contributed by atoms with van der Waals surface area (Å²) in [6.07, 6.45) is 0. The number of benzene rings is 2. The molecule has 0 bridgehead atoms. The van der Waals surface area contributed by atoms with E-state index in [2.05, 4.69) is 5.32 Å². The second-order valence-corrected chi connectivity index (χ2v) is 6.49. The number of nitrogens with one attached hydrogen (secondary N) is 1. The Balaban J connectivity index is 1.70. The molecule has 136 valence electrons. The Morgan fingerprint density at radius 1 is 1.04 bits per heavy atom. The van der Waals surface area contributed by atoms with Crippen LogP contribution in [0.15, 0.2) is 52.9 Å². The van der Waals surface area contributed by atoms with Crippen LogP contribution in [0.2, 0.25) is 0 Å². The van der Waals surface area contributed by atoms with E-state index in [1.807, 2.05) is 69.3 Å². The average Bonchev–Trinajstić information content (AvgIpc) is 3.02. The zero-order valence-corrected chi connectivity index (χ0v) is 15.5. The molecule has 0 atom stereocenters. The van der Waals surface area contributed by atoms with Crippen molar-refractivity contribution >= 4 is 11.8 Å². The van der Waals surface area contributed by atoms with Crippen LogP contribution >= 0.6 is 0 Å². The second kappa shape index (κ2) is 7.79. The summed E-state index contributed by atoms with van der Waals surface area (Å²) in [6.45, 7) is 5.76. The first kappa shape index (κ1) is 18.3. The summed E-state index contributed by atoms with van der Waals surface area (Å²) in [6, 6.07) is 17.1. The number of anilines is 1. The SMILES string of the molecule is Cc1ccc(-c2cc(C#N)c(NC(=O)COc3cc(C)cc(C)c3)o2)cc1. The minimum Gasteiger partial charge on any atom is -0.484 e. The molecule has 3 rings (SSSR count). The number of carbonyl (C=O) groups excluding carboxylic acids is 1. The van der Waals surface area contributed by atoms with E-state index in [1.54, 1.807) is 6.07 Å². The molecule has 5 heteroatoms. The van der Waals surface area contributed by atoms with Crippen LogP contribution in [0, 0.1) is 32.1 Å². The van der Waals surface area contributed by atoms with Gasteiger partial charge in [0.15, 0.2) is 6.61 Å². The molecule has 0 aliphatic carbocycles. The summed E-state index contributed by atoms with van der Waals surface area (Å²) < 4.78 is 11.2. The van der Waals surface area contributed by atoms with Crippen molar-refractivity contribution in [2.24, 2.45) is 0 Å². The lowest BCUT2D eigenvalue weighted by molar-refractivity contribution is -0.118. The molecule has 1 amide bonds. The van der Waals surface area contributed by atoms with E-state index in [4.69, 9.17) is 9.15 Å². The van der Waals surface area contributed by atoms with Crippen LogP contribution < -0.4 is 10.1 Å². The van der Waals surface area contributed by atoms with E-state index in [0.717, 1.165) is 22.3 Å². The second-order valence-electron chi connectivity index (χ2n) is 6.49. The summed E-state index contributed by atoms with van der Waals surface area (Å²) in [5, 5.41) is 11.9. The molecule has 27 heavy (non-hydrogen) atoms. The van der Waals surface area contributed by atoms with E-state index in [-0.39, 0.29) is 18.1 Å². The predicted molar refractivity (Wildman–Crippen MR) is 104 cm³/mol. The van der Waals surface area contributed by atoms with Crippen molar-refractivity contribution in [1.29, 1.82) is 5.26 Å². The highest BCUT2D eigenvalue weighted by molar-refractivity contribution is 5.92. The van der Waals surface area contributed by atoms with Gasteiger partial charge in [0.1, 0.15) is 23.1 Å². The number of hydrogen-bond donors (Lipinski definition) is 1. The lowest BCUT2D eigenvalue weighted by Gasteiger charge is -2.08. The molecule has 0 radical (unpaired) electrons. The Bertz CT molecular complexity index is 991. The van der Waals surface area contributed by atoms with Gasteiger partial charge in [-0.3, -0.25) is 10.1 Å². The van der Waals surface area contributed by atoms with Crippen LogP contribution in [-0.2, 0) is 4.79 Å². The quantitative estimate of drug-likeness (QED) is 0.712. The van der Waals surface area contributed by atoms with Crippen molar-refractivity contribution in [2.75, 3.05) is 11.9 Å². The van der Waals surface area contributed by atoms with Crippen molar-refractivity contribution in [2.45, 2.75) is 20.8 Å². The van der Waals surface area contributed by atoms with Crippen molar-refractivity contribution < 1.29 is 13.9 Å². The minimum absolute atomic E-state index is 0.127. The third-order valence-corrected chi connectivity index (χ3v) is 4.01. The predicted octanol–water partition coefficient (Wildman–Crippen LogP) is 4.76. The van der Waals surface area contributed by atoms with Crippen molar-refractivity contribution in [3.05, 3.63) is 70.8 Å². The average molecular weight is 360 g/mol. The first-order chi connectivity index (χ1) is 12.9. The Labute approximate surface area is 158 Å². The van der Waals surface area contributed by atoms with Gasteiger partial charge in [0.05, 0.1) is 0 Å². The number of rotatable bonds is 5. The Morgan fingerprint density at radius 2 is 1.70 bits per heavy atom. The molecule has 0 spiro atoms. The number of hydrogen-bond acceptors (Lipinski definition) is 4. The molecule has 5 nitrogen and oxygen atoms in total. The molecule has 1 N–H and O–H groups in total. The van der Waals surface area contributed by atoms with Crippen molar-refractivity contribution in [3.63, 3.8) is 0 Å². The largest absolute Gasteiger partial charge is 0.484 e. The van der Waals surface area contributed by atoms with Gasteiger partial charge < -0.3 is 9.15 Å². The normalized spacial score (nSPS) is 10.3. The van der Waals surface area contributed by atoms with Gasteiger partial charge in [0.2, 0.25) is 5.88 Å². The van der Waals surface area contributed by atoms with Crippen molar-refractivity contribution in [1.82, 2.24) is 0 Å². The van der Waals surface area contributed by atoms with Crippen LogP contribution in [-0.4, -0.2) is 12.5 Å². The van der Waals surface area contributed by atoms with Gasteiger partial charge in [0, 0.05) is 11.6 Å². The van der Waals surface area contributed by atoms with Gasteiger partial charge in [-0.15, -0.1) is 0 Å². The Hall–Kier alpha value is -3.52. The molecule has 2 aromatic carbocycles. The van der Waals surface area contributed by atoms with Gasteiger partial charge in [0.25, 0.3) is 5.91 Å². The smallest absolute Gasteiger partial charge is 0.264 e. The lowest BCUT2D eigenvalue weighted by Crippen LogP contribution is -2.20. The summed E-state index contributed by atoms with van der Waals surface area (Å²) in [5.41, 5.74) is 4.36. The number of ether oxygens (including phenoxy) is 1. The summed E-state index contributed by atoms with van der Waals surface area (Å²) in [4.78, 5) is 12.2. The number of nitriles is 1. The molecule has 0 aliphatic heterocycles. The summed E-state index contributed by atoms with van der Waals surface area (Å²) in [7, 11) is 0. The monoisotopic (exact) mass is 360 g/mol. The highest BCUT2D eigenvalue weighted by Gasteiger charge is 2.15. The van der Waals surface area contributed by atoms with Crippen molar-refractivity contribution in [3.8, 4) is 23.1 Å². The Kier molecular flexibility index (Phi) is 5.28. The number of carbonyl (C=O) groups is 1. The molecule has 1 heterocycles. The minimum atomic E-state index is -0.393. The lowest BCUT2D eigenvalue weighted by atomic mass is 10.1. The Morgan fingerprint density at radius 3 is 2.33 bits per heavy atom. The molecule has 0 aliphatic rings. The van der Waals surface area contributed by atoms with E-state index in [9.17, 15) is 10.1 Å². The maximum absolute atomic E-state index is 12.2. The highest BCUT2D eigenvalue weighted by atomic mass is 16.5. The van der Waals surface area contributed by atoms with Crippen LogP contribution in [0.25, 0.3) is 11.3 Å². The van der Waals surface area contributed by atoms with Crippen LogP contribution in [0.3, 0.4) is 0 Å². The molecular formula is C22H20N2O3. The fourth-order valence-corrected chi connectivity index (χ4v) is 2.75. The van der Waals surface area contributed by atoms with Crippen LogP contribution in [0.4, 0.5) is 5.88 Å². The maximum atomic E-state index is 12.2. The third kappa shape index (κ3) is 4.56. The van der Waals surface area contributed by atoms with Gasteiger partial charge in [-0.05, 0) is 44.0 Å². The summed E-state index contributed by atoms with van der Waals surface area (Å²) >= 11 is 0. The summed E-state index contributed by atoms with van der Waals surface area (Å²) in [5.74, 6) is 0.887. The topological polar surface area (TPSA) is 75.3 Å². The standard InChI is InChI=1S/C22H20N2O3/c1-14-4-6-17(7-5-14)20-11-18(12-23)22(27-20)24-21(25)13-26-19-9-15(2)8-16(3)10-19/h4-11H,13H2,1-3H3,(H,24,25). The highest BCUT2D eigenvalue weighted by Crippen LogP contribution is 2.29. The molecule has 0 saturated heterocycles. The van der Waals surface area contributed by atoms with Gasteiger partial charge in [-0.25, -0.2) is 0 Å². The van der Waals surface area contributed by atoms with E-state index >= 15 is 0 Å².